The maximum Gasteiger partial charge on any atom is 0.304 e. The highest BCUT2D eigenvalue weighted by Gasteiger charge is 2.45. The summed E-state index contributed by atoms with van der Waals surface area (Å²) in [5, 5.41) is 13.7. The molecular weight excluding hydrogens is 264 g/mol. The molecule has 0 amide bonds. The van der Waals surface area contributed by atoms with Crippen molar-refractivity contribution in [2.75, 3.05) is 0 Å². The van der Waals surface area contributed by atoms with Crippen molar-refractivity contribution in [2.45, 2.75) is 24.7 Å². The Hall–Kier alpha value is -1.81. The summed E-state index contributed by atoms with van der Waals surface area (Å²) in [6.45, 7) is 0. The Labute approximate surface area is 115 Å². The van der Waals surface area contributed by atoms with Gasteiger partial charge in [-0.1, -0.05) is 23.7 Å². The molecule has 1 aliphatic rings. The van der Waals surface area contributed by atoms with Crippen LogP contribution in [0.25, 0.3) is 5.69 Å². The molecule has 0 saturated heterocycles. The molecule has 1 heterocycles. The second kappa shape index (κ2) is 4.38. The summed E-state index contributed by atoms with van der Waals surface area (Å²) < 4.78 is 1.70. The lowest BCUT2D eigenvalue weighted by atomic mass is 9.92. The smallest absolute Gasteiger partial charge is 0.304 e. The van der Waals surface area contributed by atoms with Crippen molar-refractivity contribution < 1.29 is 9.90 Å². The van der Waals surface area contributed by atoms with E-state index < -0.39 is 5.97 Å². The zero-order chi connectivity index (χ0) is 13.5. The lowest BCUT2D eigenvalue weighted by Crippen LogP contribution is -2.12. The fourth-order valence-electron chi connectivity index (χ4n) is 2.42. The van der Waals surface area contributed by atoms with E-state index in [9.17, 15) is 4.79 Å². The van der Waals surface area contributed by atoms with Gasteiger partial charge in [0.1, 0.15) is 0 Å². The normalized spacial score (nSPS) is 16.3. The molecule has 0 radical (unpaired) electrons. The molecule has 1 saturated carbocycles. The summed E-state index contributed by atoms with van der Waals surface area (Å²) in [6.07, 6.45) is 5.43. The second-order valence-corrected chi connectivity index (χ2v) is 5.44. The predicted molar refractivity (Wildman–Crippen MR) is 71.7 cm³/mol. The number of aromatic nitrogens is 2. The van der Waals surface area contributed by atoms with Gasteiger partial charge in [0.25, 0.3) is 0 Å². The lowest BCUT2D eigenvalue weighted by molar-refractivity contribution is -0.137. The van der Waals surface area contributed by atoms with E-state index in [2.05, 4.69) is 5.10 Å². The van der Waals surface area contributed by atoms with Crippen LogP contribution in [0.4, 0.5) is 0 Å². The van der Waals surface area contributed by atoms with Crippen LogP contribution < -0.4 is 0 Å². The highest BCUT2D eigenvalue weighted by Crippen LogP contribution is 2.51. The van der Waals surface area contributed by atoms with Gasteiger partial charge in [0.15, 0.2) is 0 Å². The number of aliphatic carboxylic acids is 1. The second-order valence-electron chi connectivity index (χ2n) is 5.00. The van der Waals surface area contributed by atoms with Gasteiger partial charge in [-0.2, -0.15) is 5.10 Å². The van der Waals surface area contributed by atoms with Gasteiger partial charge in [-0.25, -0.2) is 4.68 Å². The Bertz CT molecular complexity index is 615. The summed E-state index contributed by atoms with van der Waals surface area (Å²) in [5.41, 5.74) is 1.87. The SMILES string of the molecule is O=C(O)CC1(c2ccc(-n3cc(Cl)cn3)cc2)CC1. The first kappa shape index (κ1) is 12.2. The third-order valence-electron chi connectivity index (χ3n) is 3.64. The van der Waals surface area contributed by atoms with Crippen LogP contribution in [-0.2, 0) is 10.2 Å². The van der Waals surface area contributed by atoms with E-state index in [1.54, 1.807) is 17.1 Å². The van der Waals surface area contributed by atoms with Crippen LogP contribution in [-0.4, -0.2) is 20.9 Å². The van der Waals surface area contributed by atoms with Crippen molar-refractivity contribution >= 4 is 17.6 Å². The van der Waals surface area contributed by atoms with Crippen LogP contribution in [0.2, 0.25) is 5.02 Å². The Balaban J connectivity index is 1.85. The van der Waals surface area contributed by atoms with E-state index in [0.29, 0.717) is 5.02 Å². The van der Waals surface area contributed by atoms with Crippen molar-refractivity contribution in [1.82, 2.24) is 9.78 Å². The molecule has 0 unspecified atom stereocenters. The molecular formula is C14H13ClN2O2. The Morgan fingerprint density at radius 3 is 2.53 bits per heavy atom. The molecule has 1 aromatic heterocycles. The molecule has 4 nitrogen and oxygen atoms in total. The minimum atomic E-state index is -0.736. The predicted octanol–water partition coefficient (Wildman–Crippen LogP) is 3.03. The maximum atomic E-state index is 10.9. The van der Waals surface area contributed by atoms with E-state index in [1.165, 1.54) is 0 Å². The molecule has 0 bridgehead atoms. The Morgan fingerprint density at radius 1 is 1.37 bits per heavy atom. The molecule has 0 spiro atoms. The standard InChI is InChI=1S/C14H13ClN2O2/c15-11-8-16-17(9-11)12-3-1-10(2-4-12)14(5-6-14)7-13(18)19/h1-4,8-9H,5-7H2,(H,18,19). The lowest BCUT2D eigenvalue weighted by Gasteiger charge is -2.13. The van der Waals surface area contributed by atoms with Crippen molar-refractivity contribution in [2.24, 2.45) is 0 Å². The van der Waals surface area contributed by atoms with Crippen LogP contribution in [0, 0.1) is 0 Å². The van der Waals surface area contributed by atoms with Crippen LogP contribution in [0.3, 0.4) is 0 Å². The summed E-state index contributed by atoms with van der Waals surface area (Å²) in [4.78, 5) is 10.9. The molecule has 2 aromatic rings. The van der Waals surface area contributed by atoms with Crippen LogP contribution in [0.5, 0.6) is 0 Å². The van der Waals surface area contributed by atoms with Crippen molar-refractivity contribution in [3.8, 4) is 5.69 Å². The van der Waals surface area contributed by atoms with Crippen LogP contribution >= 0.6 is 11.6 Å². The van der Waals surface area contributed by atoms with Gasteiger partial charge in [-0.05, 0) is 30.5 Å². The van der Waals surface area contributed by atoms with Gasteiger partial charge < -0.3 is 5.11 Å². The first-order chi connectivity index (χ1) is 9.09. The van der Waals surface area contributed by atoms with Gasteiger partial charge in [0.05, 0.1) is 23.3 Å². The Kier molecular flexibility index (Phi) is 2.82. The van der Waals surface area contributed by atoms with E-state index in [-0.39, 0.29) is 11.8 Å². The summed E-state index contributed by atoms with van der Waals surface area (Å²) in [5.74, 6) is -0.736. The van der Waals surface area contributed by atoms with Gasteiger partial charge in [0, 0.05) is 11.6 Å². The number of carbonyl (C=O) groups is 1. The van der Waals surface area contributed by atoms with Gasteiger partial charge in [-0.3, -0.25) is 4.79 Å². The summed E-state index contributed by atoms with van der Waals surface area (Å²) in [6, 6.07) is 7.86. The number of hydrogen-bond donors (Lipinski definition) is 1. The highest BCUT2D eigenvalue weighted by atomic mass is 35.5. The molecule has 98 valence electrons. The van der Waals surface area contributed by atoms with Crippen molar-refractivity contribution in [1.29, 1.82) is 0 Å². The quantitative estimate of drug-likeness (QED) is 0.934. The number of benzene rings is 1. The molecule has 1 fully saturated rings. The molecule has 0 atom stereocenters. The third kappa shape index (κ3) is 2.36. The average Bonchev–Trinajstić information content (AvgIpc) is 3.02. The number of hydrogen-bond acceptors (Lipinski definition) is 2. The first-order valence-corrected chi connectivity index (χ1v) is 6.50. The highest BCUT2D eigenvalue weighted by molar-refractivity contribution is 6.30. The van der Waals surface area contributed by atoms with Gasteiger partial charge >= 0.3 is 5.97 Å². The number of rotatable bonds is 4. The molecule has 1 N–H and O–H groups in total. The Morgan fingerprint density at radius 2 is 2.05 bits per heavy atom. The van der Waals surface area contributed by atoms with Crippen LogP contribution in [0.1, 0.15) is 24.8 Å². The maximum absolute atomic E-state index is 10.9. The van der Waals surface area contributed by atoms with Crippen molar-refractivity contribution in [3.05, 3.63) is 47.2 Å². The summed E-state index contributed by atoms with van der Waals surface area (Å²) in [7, 11) is 0. The van der Waals surface area contributed by atoms with E-state index in [4.69, 9.17) is 16.7 Å². The van der Waals surface area contributed by atoms with Gasteiger partial charge in [0.2, 0.25) is 0 Å². The van der Waals surface area contributed by atoms with E-state index in [0.717, 1.165) is 24.1 Å². The minimum Gasteiger partial charge on any atom is -0.481 e. The van der Waals surface area contributed by atoms with E-state index >= 15 is 0 Å². The average molecular weight is 277 g/mol. The summed E-state index contributed by atoms with van der Waals surface area (Å²) >= 11 is 5.83. The zero-order valence-corrected chi connectivity index (χ0v) is 11.0. The van der Waals surface area contributed by atoms with Crippen LogP contribution in [0.15, 0.2) is 36.7 Å². The third-order valence-corrected chi connectivity index (χ3v) is 3.83. The number of nitrogens with zero attached hydrogens (tertiary/aromatic N) is 2. The molecule has 0 aliphatic heterocycles. The molecule has 5 heteroatoms. The molecule has 1 aliphatic carbocycles. The number of halogens is 1. The zero-order valence-electron chi connectivity index (χ0n) is 10.2. The first-order valence-electron chi connectivity index (χ1n) is 6.12. The molecule has 3 rings (SSSR count). The largest absolute Gasteiger partial charge is 0.481 e. The van der Waals surface area contributed by atoms with Gasteiger partial charge in [-0.15, -0.1) is 0 Å². The molecule has 1 aromatic carbocycles. The fraction of sp³-hybridized carbons (Fsp3) is 0.286. The fourth-order valence-corrected chi connectivity index (χ4v) is 2.55. The molecule has 19 heavy (non-hydrogen) atoms. The van der Waals surface area contributed by atoms with Crippen molar-refractivity contribution in [3.63, 3.8) is 0 Å². The monoisotopic (exact) mass is 276 g/mol. The number of carboxylic acids is 1. The number of carboxylic acid groups (broad SMARTS) is 1. The topological polar surface area (TPSA) is 55.1 Å². The van der Waals surface area contributed by atoms with E-state index in [1.807, 2.05) is 24.3 Å². The minimum absolute atomic E-state index is 0.147.